The van der Waals surface area contributed by atoms with E-state index < -0.39 is 6.10 Å². The largest absolute Gasteiger partial charge is 0.493 e. The van der Waals surface area contributed by atoms with E-state index in [1.54, 1.807) is 25.1 Å². The molecule has 0 radical (unpaired) electrons. The number of ether oxygens (including phenoxy) is 2. The minimum atomic E-state index is -0.584. The second-order valence-corrected chi connectivity index (χ2v) is 5.14. The number of hydrogen-bond acceptors (Lipinski definition) is 4. The van der Waals surface area contributed by atoms with Crippen molar-refractivity contribution in [2.75, 3.05) is 19.4 Å². The minimum Gasteiger partial charge on any atom is -0.493 e. The Morgan fingerprint density at radius 2 is 2.00 bits per heavy atom. The van der Waals surface area contributed by atoms with Crippen LogP contribution in [0.25, 0.3) is 0 Å². The lowest BCUT2D eigenvalue weighted by Gasteiger charge is -2.17. The molecule has 1 rings (SSSR count). The maximum absolute atomic E-state index is 11.9. The summed E-state index contributed by atoms with van der Waals surface area (Å²) >= 11 is 0. The van der Waals surface area contributed by atoms with Gasteiger partial charge in [0.05, 0.1) is 7.11 Å². The van der Waals surface area contributed by atoms with Gasteiger partial charge in [-0.2, -0.15) is 0 Å². The lowest BCUT2D eigenvalue weighted by atomic mass is 10.1. The van der Waals surface area contributed by atoms with Crippen LogP contribution < -0.4 is 20.5 Å². The lowest BCUT2D eigenvalue weighted by Crippen LogP contribution is -2.37. The predicted molar refractivity (Wildman–Crippen MR) is 80.0 cm³/mol. The van der Waals surface area contributed by atoms with Gasteiger partial charge in [-0.3, -0.25) is 4.79 Å². The van der Waals surface area contributed by atoms with Gasteiger partial charge in [-0.15, -0.1) is 0 Å². The summed E-state index contributed by atoms with van der Waals surface area (Å²) in [4.78, 5) is 11.9. The fraction of sp³-hybridized carbons (Fsp3) is 0.533. The Labute approximate surface area is 120 Å². The van der Waals surface area contributed by atoms with E-state index in [2.05, 4.69) is 19.2 Å². The molecule has 0 heterocycles. The van der Waals surface area contributed by atoms with Crippen molar-refractivity contribution in [1.29, 1.82) is 0 Å². The first kappa shape index (κ1) is 16.1. The van der Waals surface area contributed by atoms with Gasteiger partial charge in [0.15, 0.2) is 17.6 Å². The van der Waals surface area contributed by atoms with Crippen LogP contribution in [-0.4, -0.2) is 25.7 Å². The maximum Gasteiger partial charge on any atom is 0.260 e. The van der Waals surface area contributed by atoms with Crippen molar-refractivity contribution in [2.24, 2.45) is 5.92 Å². The Morgan fingerprint density at radius 1 is 1.30 bits per heavy atom. The Kier molecular flexibility index (Phi) is 6.15. The Bertz CT molecular complexity index is 447. The predicted octanol–water partition coefficient (Wildman–Crippen LogP) is 2.21. The molecule has 0 aliphatic heterocycles. The van der Waals surface area contributed by atoms with Crippen molar-refractivity contribution < 1.29 is 14.3 Å². The molecule has 0 fully saturated rings. The van der Waals surface area contributed by atoms with E-state index in [-0.39, 0.29) is 5.91 Å². The van der Waals surface area contributed by atoms with Crippen molar-refractivity contribution in [3.63, 3.8) is 0 Å². The van der Waals surface area contributed by atoms with Gasteiger partial charge in [0.25, 0.3) is 5.91 Å². The van der Waals surface area contributed by atoms with Gasteiger partial charge < -0.3 is 20.5 Å². The number of methoxy groups -OCH3 is 1. The normalized spacial score (nSPS) is 12.1. The third-order valence-corrected chi connectivity index (χ3v) is 2.88. The van der Waals surface area contributed by atoms with E-state index in [4.69, 9.17) is 15.2 Å². The Hall–Kier alpha value is -1.91. The SMILES string of the molecule is COc1cc(N)ccc1OC(C)C(=O)NCCC(C)C. The topological polar surface area (TPSA) is 73.6 Å². The monoisotopic (exact) mass is 280 g/mol. The van der Waals surface area contributed by atoms with Crippen LogP contribution in [0.15, 0.2) is 18.2 Å². The summed E-state index contributed by atoms with van der Waals surface area (Å²) in [7, 11) is 1.54. The quantitative estimate of drug-likeness (QED) is 0.751. The van der Waals surface area contributed by atoms with E-state index in [0.29, 0.717) is 29.6 Å². The highest BCUT2D eigenvalue weighted by Gasteiger charge is 2.16. The molecule has 112 valence electrons. The maximum atomic E-state index is 11.9. The summed E-state index contributed by atoms with van der Waals surface area (Å²) in [6.45, 7) is 6.60. The molecule has 1 aromatic carbocycles. The number of nitrogen functional groups attached to an aromatic ring is 1. The van der Waals surface area contributed by atoms with E-state index in [1.807, 2.05) is 0 Å². The number of nitrogens with one attached hydrogen (secondary N) is 1. The lowest BCUT2D eigenvalue weighted by molar-refractivity contribution is -0.127. The van der Waals surface area contributed by atoms with Crippen LogP contribution in [0.1, 0.15) is 27.2 Å². The molecule has 0 aliphatic carbocycles. The van der Waals surface area contributed by atoms with Gasteiger partial charge in [-0.25, -0.2) is 0 Å². The highest BCUT2D eigenvalue weighted by Crippen LogP contribution is 2.29. The molecule has 5 nitrogen and oxygen atoms in total. The first-order valence-corrected chi connectivity index (χ1v) is 6.82. The van der Waals surface area contributed by atoms with Crippen LogP contribution in [0.3, 0.4) is 0 Å². The molecule has 1 atom stereocenters. The van der Waals surface area contributed by atoms with Crippen molar-refractivity contribution in [2.45, 2.75) is 33.3 Å². The second-order valence-electron chi connectivity index (χ2n) is 5.14. The standard InChI is InChI=1S/C15H24N2O3/c1-10(2)7-8-17-15(18)11(3)20-13-6-5-12(16)9-14(13)19-4/h5-6,9-11H,7-8,16H2,1-4H3,(H,17,18). The van der Waals surface area contributed by atoms with Crippen LogP contribution in [0, 0.1) is 5.92 Å². The summed E-state index contributed by atoms with van der Waals surface area (Å²) in [6.07, 6.45) is 0.364. The molecule has 1 amide bonds. The smallest absolute Gasteiger partial charge is 0.260 e. The zero-order valence-electron chi connectivity index (χ0n) is 12.6. The first-order chi connectivity index (χ1) is 9.43. The average Bonchev–Trinajstić information content (AvgIpc) is 2.40. The van der Waals surface area contributed by atoms with Crippen molar-refractivity contribution in [1.82, 2.24) is 5.32 Å². The highest BCUT2D eigenvalue weighted by atomic mass is 16.5. The highest BCUT2D eigenvalue weighted by molar-refractivity contribution is 5.80. The van der Waals surface area contributed by atoms with Gasteiger partial charge in [0.2, 0.25) is 0 Å². The molecular weight excluding hydrogens is 256 g/mol. The third kappa shape index (κ3) is 4.99. The minimum absolute atomic E-state index is 0.135. The first-order valence-electron chi connectivity index (χ1n) is 6.82. The van der Waals surface area contributed by atoms with Crippen LogP contribution >= 0.6 is 0 Å². The van der Waals surface area contributed by atoms with Gasteiger partial charge >= 0.3 is 0 Å². The molecule has 0 bridgehead atoms. The number of nitrogens with two attached hydrogens (primary N) is 1. The van der Waals surface area contributed by atoms with E-state index in [0.717, 1.165) is 6.42 Å². The van der Waals surface area contributed by atoms with Crippen molar-refractivity contribution >= 4 is 11.6 Å². The fourth-order valence-electron chi connectivity index (χ4n) is 1.65. The summed E-state index contributed by atoms with van der Waals surface area (Å²) in [5, 5.41) is 2.85. The fourth-order valence-corrected chi connectivity index (χ4v) is 1.65. The van der Waals surface area contributed by atoms with E-state index in [1.165, 1.54) is 7.11 Å². The van der Waals surface area contributed by atoms with Gasteiger partial charge in [0, 0.05) is 18.3 Å². The van der Waals surface area contributed by atoms with Crippen LogP contribution in [0.2, 0.25) is 0 Å². The molecular formula is C15H24N2O3. The Balaban J connectivity index is 2.57. The number of anilines is 1. The van der Waals surface area contributed by atoms with Crippen LogP contribution in [-0.2, 0) is 4.79 Å². The third-order valence-electron chi connectivity index (χ3n) is 2.88. The number of hydrogen-bond donors (Lipinski definition) is 2. The molecule has 0 saturated carbocycles. The molecule has 1 aromatic rings. The van der Waals surface area contributed by atoms with Crippen LogP contribution in [0.4, 0.5) is 5.69 Å². The van der Waals surface area contributed by atoms with Crippen LogP contribution in [0.5, 0.6) is 11.5 Å². The molecule has 1 unspecified atom stereocenters. The number of amides is 1. The summed E-state index contributed by atoms with van der Waals surface area (Å²) in [5.41, 5.74) is 6.26. The molecule has 0 saturated heterocycles. The summed E-state index contributed by atoms with van der Waals surface area (Å²) in [5.74, 6) is 1.45. The zero-order chi connectivity index (χ0) is 15.1. The van der Waals surface area contributed by atoms with Gasteiger partial charge in [0.1, 0.15) is 0 Å². The number of benzene rings is 1. The number of carbonyl (C=O) groups is 1. The molecule has 0 aromatic heterocycles. The van der Waals surface area contributed by atoms with Crippen molar-refractivity contribution in [3.8, 4) is 11.5 Å². The molecule has 5 heteroatoms. The Morgan fingerprint density at radius 3 is 2.60 bits per heavy atom. The van der Waals surface area contributed by atoms with Crippen molar-refractivity contribution in [3.05, 3.63) is 18.2 Å². The number of rotatable bonds is 7. The molecule has 20 heavy (non-hydrogen) atoms. The van der Waals surface area contributed by atoms with E-state index in [9.17, 15) is 4.79 Å². The zero-order valence-corrected chi connectivity index (χ0v) is 12.6. The van der Waals surface area contributed by atoms with E-state index >= 15 is 0 Å². The summed E-state index contributed by atoms with van der Waals surface area (Å²) < 4.78 is 10.8. The number of carbonyl (C=O) groups excluding carboxylic acids is 1. The second kappa shape index (κ2) is 7.62. The molecule has 0 spiro atoms. The van der Waals surface area contributed by atoms with Gasteiger partial charge in [-0.05, 0) is 31.4 Å². The van der Waals surface area contributed by atoms with Gasteiger partial charge in [-0.1, -0.05) is 13.8 Å². The average molecular weight is 280 g/mol. The molecule has 3 N–H and O–H groups in total. The summed E-state index contributed by atoms with van der Waals surface area (Å²) in [6, 6.07) is 5.08. The molecule has 0 aliphatic rings.